The van der Waals surface area contributed by atoms with E-state index in [0.29, 0.717) is 0 Å². The SMILES string of the molecule is Cc1cccc([SiH2]c2ccc(N(c3ccc([SiH2]c4cccc(C)c4C)cc3)c3ccc4c5cccc6cccc(c7cccc3c74)c65)cc2)c1C. The first kappa shape index (κ1) is 31.5. The van der Waals surface area contributed by atoms with Crippen LogP contribution in [-0.2, 0) is 0 Å². The summed E-state index contributed by atoms with van der Waals surface area (Å²) < 4.78 is 0. The van der Waals surface area contributed by atoms with Crippen LogP contribution in [0.5, 0.6) is 0 Å². The maximum absolute atomic E-state index is 2.48. The maximum Gasteiger partial charge on any atom is 0.0878 e. The normalized spacial score (nSPS) is 12.2. The fraction of sp³-hybridized carbons (Fsp3) is 0.0833. The van der Waals surface area contributed by atoms with Gasteiger partial charge in [-0.15, -0.1) is 0 Å². The highest BCUT2D eigenvalue weighted by Crippen LogP contribution is 2.45. The molecule has 0 aromatic heterocycles. The quantitative estimate of drug-likeness (QED) is 0.0921. The Morgan fingerprint density at radius 1 is 0.373 bits per heavy atom. The number of anilines is 3. The second-order valence-corrected chi connectivity index (χ2v) is 18.2. The van der Waals surface area contributed by atoms with Gasteiger partial charge >= 0.3 is 0 Å². The van der Waals surface area contributed by atoms with Crippen LogP contribution in [0.15, 0.2) is 152 Å². The monoisotopic (exact) mass is 687 g/mol. The lowest BCUT2D eigenvalue weighted by molar-refractivity contribution is 1.30. The molecule has 0 spiro atoms. The van der Waals surface area contributed by atoms with Crippen LogP contribution >= 0.6 is 0 Å². The fourth-order valence-electron chi connectivity index (χ4n) is 8.22. The van der Waals surface area contributed by atoms with E-state index in [1.807, 2.05) is 0 Å². The number of nitrogens with zero attached hydrogens (tertiary/aromatic N) is 1. The maximum atomic E-state index is 2.48. The van der Waals surface area contributed by atoms with Crippen molar-refractivity contribution >= 4 is 99.9 Å². The summed E-state index contributed by atoms with van der Waals surface area (Å²) in [5, 5.41) is 16.5. The summed E-state index contributed by atoms with van der Waals surface area (Å²) in [5.74, 6) is 0. The Morgan fingerprint density at radius 3 is 1.33 bits per heavy atom. The Bertz CT molecular complexity index is 2580. The molecule has 0 saturated heterocycles. The summed E-state index contributed by atoms with van der Waals surface area (Å²) in [5.41, 5.74) is 9.24. The van der Waals surface area contributed by atoms with Gasteiger partial charge in [0.15, 0.2) is 0 Å². The summed E-state index contributed by atoms with van der Waals surface area (Å²) >= 11 is 0. The molecule has 0 atom stereocenters. The first-order chi connectivity index (χ1) is 24.9. The molecule has 9 rings (SSSR count). The molecule has 0 aliphatic heterocycles. The lowest BCUT2D eigenvalue weighted by Crippen LogP contribution is -2.29. The van der Waals surface area contributed by atoms with Crippen LogP contribution in [0.2, 0.25) is 0 Å². The van der Waals surface area contributed by atoms with Crippen LogP contribution in [0.4, 0.5) is 17.1 Å². The van der Waals surface area contributed by atoms with Crippen molar-refractivity contribution in [2.24, 2.45) is 0 Å². The van der Waals surface area contributed by atoms with E-state index >= 15 is 0 Å². The van der Waals surface area contributed by atoms with Gasteiger partial charge in [0, 0.05) is 16.8 Å². The molecule has 51 heavy (non-hydrogen) atoms. The van der Waals surface area contributed by atoms with E-state index in [2.05, 4.69) is 184 Å². The number of aryl methyl sites for hydroxylation is 2. The summed E-state index contributed by atoms with van der Waals surface area (Å²) in [6, 6.07) is 57.5. The third kappa shape index (κ3) is 5.45. The van der Waals surface area contributed by atoms with E-state index in [-0.39, 0.29) is 0 Å². The minimum Gasteiger partial charge on any atom is -0.310 e. The van der Waals surface area contributed by atoms with Gasteiger partial charge in [0.2, 0.25) is 0 Å². The zero-order valence-corrected chi connectivity index (χ0v) is 32.6. The molecule has 246 valence electrons. The lowest BCUT2D eigenvalue weighted by atomic mass is 9.89. The average molecular weight is 688 g/mol. The van der Waals surface area contributed by atoms with Gasteiger partial charge in [-0.25, -0.2) is 0 Å². The van der Waals surface area contributed by atoms with Gasteiger partial charge in [0.25, 0.3) is 0 Å². The van der Waals surface area contributed by atoms with E-state index < -0.39 is 19.0 Å². The Hall–Kier alpha value is -5.49. The first-order valence-electron chi connectivity index (χ1n) is 18.1. The molecule has 0 fully saturated rings. The Labute approximate surface area is 305 Å². The molecule has 0 heterocycles. The van der Waals surface area contributed by atoms with Crippen molar-refractivity contribution in [1.82, 2.24) is 0 Å². The second-order valence-electron chi connectivity index (χ2n) is 14.3. The largest absolute Gasteiger partial charge is 0.310 e. The van der Waals surface area contributed by atoms with Gasteiger partial charge in [0.1, 0.15) is 0 Å². The standard InChI is InChI=1S/C48H41NSi2/c1-30-10-5-18-45(32(30)3)50-37-24-20-35(21-25-37)49(36-22-26-38(27-23-36)51-46-19-6-11-31(2)33(46)4)44-29-28-42-40-15-8-13-34-12-7-14-39(47(34)40)41-16-9-17-43(44)48(41)42/h5-29H,50-51H2,1-4H3. The van der Waals surface area contributed by atoms with Crippen LogP contribution in [-0.4, -0.2) is 19.0 Å². The molecule has 1 nitrogen and oxygen atoms in total. The number of hydrogen-bond donors (Lipinski definition) is 0. The zero-order chi connectivity index (χ0) is 34.6. The smallest absolute Gasteiger partial charge is 0.0878 e. The molecule has 0 aliphatic rings. The molecular formula is C48H41NSi2. The van der Waals surface area contributed by atoms with Crippen molar-refractivity contribution in [3.05, 3.63) is 174 Å². The molecule has 9 aromatic rings. The number of benzene rings is 9. The van der Waals surface area contributed by atoms with E-state index in [1.54, 1.807) is 0 Å². The van der Waals surface area contributed by atoms with Gasteiger partial charge in [-0.2, -0.15) is 0 Å². The van der Waals surface area contributed by atoms with Crippen LogP contribution in [0.3, 0.4) is 0 Å². The molecule has 0 unspecified atom stereocenters. The minimum atomic E-state index is -0.591. The van der Waals surface area contributed by atoms with Crippen LogP contribution in [0.1, 0.15) is 22.3 Å². The number of rotatable bonds is 7. The highest BCUT2D eigenvalue weighted by atomic mass is 28.2. The summed E-state index contributed by atoms with van der Waals surface area (Å²) in [7, 11) is -1.18. The van der Waals surface area contributed by atoms with E-state index in [0.717, 1.165) is 0 Å². The molecular weight excluding hydrogens is 647 g/mol. The Kier molecular flexibility index (Phi) is 7.83. The highest BCUT2D eigenvalue weighted by molar-refractivity contribution is 6.68. The van der Waals surface area contributed by atoms with Gasteiger partial charge in [-0.3, -0.25) is 0 Å². The Balaban J connectivity index is 1.19. The van der Waals surface area contributed by atoms with Crippen molar-refractivity contribution < 1.29 is 0 Å². The van der Waals surface area contributed by atoms with Crippen LogP contribution < -0.4 is 25.6 Å². The zero-order valence-electron chi connectivity index (χ0n) is 29.8. The lowest BCUT2D eigenvalue weighted by Gasteiger charge is -2.28. The molecule has 0 bridgehead atoms. The van der Waals surface area contributed by atoms with E-state index in [9.17, 15) is 0 Å². The van der Waals surface area contributed by atoms with Crippen molar-refractivity contribution in [2.45, 2.75) is 27.7 Å². The molecule has 0 aliphatic carbocycles. The number of fused-ring (bicyclic) bond motifs is 2. The van der Waals surface area contributed by atoms with Crippen molar-refractivity contribution in [2.75, 3.05) is 4.90 Å². The fourth-order valence-corrected chi connectivity index (χ4v) is 11.6. The van der Waals surface area contributed by atoms with Gasteiger partial charge in [-0.1, -0.05) is 142 Å². The minimum absolute atomic E-state index is 0.591. The second kappa shape index (κ2) is 12.7. The van der Waals surface area contributed by atoms with E-state index in [4.69, 9.17) is 0 Å². The summed E-state index contributed by atoms with van der Waals surface area (Å²) in [4.78, 5) is 2.48. The van der Waals surface area contributed by atoms with Crippen molar-refractivity contribution in [1.29, 1.82) is 0 Å². The number of hydrogen-bond acceptors (Lipinski definition) is 1. The van der Waals surface area contributed by atoms with Crippen molar-refractivity contribution in [3.8, 4) is 0 Å². The summed E-state index contributed by atoms with van der Waals surface area (Å²) in [6.07, 6.45) is 0. The molecule has 0 saturated carbocycles. The van der Waals surface area contributed by atoms with E-state index in [1.165, 1.54) is 103 Å². The Morgan fingerprint density at radius 2 is 0.804 bits per heavy atom. The molecule has 9 aromatic carbocycles. The molecule has 3 heteroatoms. The average Bonchev–Trinajstić information content (AvgIpc) is 3.16. The first-order valence-corrected chi connectivity index (χ1v) is 20.9. The van der Waals surface area contributed by atoms with Crippen molar-refractivity contribution in [3.63, 3.8) is 0 Å². The molecule has 0 N–H and O–H groups in total. The molecule has 0 radical (unpaired) electrons. The summed E-state index contributed by atoms with van der Waals surface area (Å²) in [6.45, 7) is 9.00. The van der Waals surface area contributed by atoms with Gasteiger partial charge in [-0.05, 0) is 118 Å². The predicted octanol–water partition coefficient (Wildman–Crippen LogP) is 8.68. The third-order valence-corrected chi connectivity index (χ3v) is 15.4. The predicted molar refractivity (Wildman–Crippen MR) is 230 cm³/mol. The molecule has 0 amide bonds. The van der Waals surface area contributed by atoms with Crippen LogP contribution in [0.25, 0.3) is 43.1 Å². The highest BCUT2D eigenvalue weighted by Gasteiger charge is 2.20. The van der Waals surface area contributed by atoms with Crippen LogP contribution in [0, 0.1) is 27.7 Å². The van der Waals surface area contributed by atoms with Gasteiger partial charge < -0.3 is 4.90 Å². The topological polar surface area (TPSA) is 3.24 Å². The van der Waals surface area contributed by atoms with Gasteiger partial charge in [0.05, 0.1) is 24.7 Å². The third-order valence-electron chi connectivity index (χ3n) is 11.4.